The number of rotatable bonds is 3. The van der Waals surface area contributed by atoms with E-state index in [1.54, 1.807) is 0 Å². The van der Waals surface area contributed by atoms with Crippen LogP contribution in [-0.4, -0.2) is 34.2 Å². The summed E-state index contributed by atoms with van der Waals surface area (Å²) in [6.07, 6.45) is -1.02. The molecular weight excluding hydrogens is 359 g/mol. The minimum Gasteiger partial charge on any atom is -0.452 e. The van der Waals surface area contributed by atoms with Gasteiger partial charge in [-0.1, -0.05) is 23.2 Å². The van der Waals surface area contributed by atoms with E-state index in [0.29, 0.717) is 4.57 Å². The summed E-state index contributed by atoms with van der Waals surface area (Å²) in [6.45, 7) is -3.10. The number of halogens is 4. The first-order chi connectivity index (χ1) is 10.8. The van der Waals surface area contributed by atoms with E-state index in [1.165, 1.54) is 13.1 Å². The third-order valence-corrected chi connectivity index (χ3v) is 3.50. The molecule has 23 heavy (non-hydrogen) atoms. The predicted molar refractivity (Wildman–Crippen MR) is 77.4 cm³/mol. The number of alkyl halides is 2. The Bertz CT molecular complexity index is 819. The molecule has 2 heterocycles. The standard InChI is InChI=1S/C12H9Cl2F2N3O4/c1-18-10(23-11(15)16)7(13)8(17-18)5-3-4-6(20)19(9(5)14)12(21)22-2/h3-4,11H,1-2H3. The van der Waals surface area contributed by atoms with E-state index in [4.69, 9.17) is 23.2 Å². The largest absolute Gasteiger partial charge is 0.452 e. The summed E-state index contributed by atoms with van der Waals surface area (Å²) >= 11 is 12.0. The molecule has 124 valence electrons. The second-order valence-electron chi connectivity index (χ2n) is 4.15. The first-order valence-electron chi connectivity index (χ1n) is 5.95. The van der Waals surface area contributed by atoms with Gasteiger partial charge in [-0.3, -0.25) is 4.79 Å². The molecule has 0 radical (unpaired) electrons. The first kappa shape index (κ1) is 17.2. The van der Waals surface area contributed by atoms with Gasteiger partial charge in [0, 0.05) is 18.7 Å². The third kappa shape index (κ3) is 3.15. The van der Waals surface area contributed by atoms with Gasteiger partial charge in [0.15, 0.2) is 0 Å². The van der Waals surface area contributed by atoms with Crippen molar-refractivity contribution in [2.45, 2.75) is 6.61 Å². The number of methoxy groups -OCH3 is 1. The van der Waals surface area contributed by atoms with Crippen LogP contribution in [0.15, 0.2) is 16.9 Å². The smallest absolute Gasteiger partial charge is 0.421 e. The van der Waals surface area contributed by atoms with Crippen LogP contribution in [0, 0.1) is 0 Å². The lowest BCUT2D eigenvalue weighted by Crippen LogP contribution is -2.27. The van der Waals surface area contributed by atoms with E-state index >= 15 is 0 Å². The van der Waals surface area contributed by atoms with E-state index in [0.717, 1.165) is 17.9 Å². The zero-order valence-electron chi connectivity index (χ0n) is 11.7. The second-order valence-corrected chi connectivity index (χ2v) is 4.89. The molecule has 0 saturated heterocycles. The Labute approximate surface area is 137 Å². The van der Waals surface area contributed by atoms with Crippen LogP contribution < -0.4 is 10.3 Å². The van der Waals surface area contributed by atoms with Gasteiger partial charge in [-0.25, -0.2) is 14.0 Å². The minimum absolute atomic E-state index is 0.0348. The molecule has 0 unspecified atom stereocenters. The van der Waals surface area contributed by atoms with E-state index in [2.05, 4.69) is 14.6 Å². The van der Waals surface area contributed by atoms with Gasteiger partial charge < -0.3 is 9.47 Å². The molecule has 2 aromatic heterocycles. The van der Waals surface area contributed by atoms with Gasteiger partial charge in [0.25, 0.3) is 5.56 Å². The van der Waals surface area contributed by atoms with Gasteiger partial charge in [-0.2, -0.15) is 13.9 Å². The topological polar surface area (TPSA) is 75.3 Å². The van der Waals surface area contributed by atoms with E-state index in [9.17, 15) is 18.4 Å². The van der Waals surface area contributed by atoms with Crippen molar-refractivity contribution >= 4 is 29.3 Å². The molecule has 0 spiro atoms. The molecule has 0 N–H and O–H groups in total. The van der Waals surface area contributed by atoms with Gasteiger partial charge in [-0.15, -0.1) is 0 Å². The molecule has 0 amide bonds. The van der Waals surface area contributed by atoms with Crippen LogP contribution in [-0.2, 0) is 11.8 Å². The van der Waals surface area contributed by atoms with Crippen molar-refractivity contribution < 1.29 is 23.0 Å². The summed E-state index contributed by atoms with van der Waals surface area (Å²) in [7, 11) is 2.40. The maximum absolute atomic E-state index is 12.4. The van der Waals surface area contributed by atoms with E-state index < -0.39 is 18.3 Å². The van der Waals surface area contributed by atoms with Crippen LogP contribution in [0.1, 0.15) is 0 Å². The zero-order chi connectivity index (χ0) is 17.3. The lowest BCUT2D eigenvalue weighted by atomic mass is 10.2. The fraction of sp³-hybridized carbons (Fsp3) is 0.250. The second kappa shape index (κ2) is 6.55. The number of nitrogens with zero attached hydrogens (tertiary/aromatic N) is 3. The molecule has 11 heteroatoms. The Hall–Kier alpha value is -2.13. The molecular formula is C12H9Cl2F2N3O4. The van der Waals surface area contributed by atoms with Crippen LogP contribution in [0.5, 0.6) is 5.88 Å². The van der Waals surface area contributed by atoms with Crippen LogP contribution in [0.25, 0.3) is 11.3 Å². The average Bonchev–Trinajstić information content (AvgIpc) is 2.75. The molecule has 0 bridgehead atoms. The van der Waals surface area contributed by atoms with Gasteiger partial charge in [0.2, 0.25) is 5.88 Å². The molecule has 0 fully saturated rings. The maximum atomic E-state index is 12.4. The van der Waals surface area contributed by atoms with Crippen molar-refractivity contribution in [3.8, 4) is 17.1 Å². The predicted octanol–water partition coefficient (Wildman–Crippen LogP) is 2.77. The van der Waals surface area contributed by atoms with Gasteiger partial charge in [0.05, 0.1) is 7.11 Å². The molecule has 2 aromatic rings. The molecule has 0 aromatic carbocycles. The van der Waals surface area contributed by atoms with Crippen molar-refractivity contribution in [3.05, 3.63) is 32.7 Å². The highest BCUT2D eigenvalue weighted by Crippen LogP contribution is 2.37. The molecule has 0 aliphatic heterocycles. The number of aromatic nitrogens is 3. The maximum Gasteiger partial charge on any atom is 0.421 e. The van der Waals surface area contributed by atoms with E-state index in [-0.39, 0.29) is 27.3 Å². The number of hydrogen-bond donors (Lipinski definition) is 0. The Kier molecular flexibility index (Phi) is 4.90. The Morgan fingerprint density at radius 3 is 2.57 bits per heavy atom. The minimum atomic E-state index is -3.10. The molecule has 7 nitrogen and oxygen atoms in total. The van der Waals surface area contributed by atoms with Crippen LogP contribution in [0.3, 0.4) is 0 Å². The van der Waals surface area contributed by atoms with Gasteiger partial charge in [0.1, 0.15) is 15.9 Å². The summed E-state index contributed by atoms with van der Waals surface area (Å²) in [6, 6.07) is 2.29. The van der Waals surface area contributed by atoms with Crippen LogP contribution in [0.2, 0.25) is 10.2 Å². The number of carbonyl (C=O) groups is 1. The van der Waals surface area contributed by atoms with E-state index in [1.807, 2.05) is 0 Å². The summed E-state index contributed by atoms with van der Waals surface area (Å²) in [4.78, 5) is 23.3. The quantitative estimate of drug-likeness (QED) is 0.779. The van der Waals surface area contributed by atoms with Crippen LogP contribution in [0.4, 0.5) is 13.6 Å². The lowest BCUT2D eigenvalue weighted by molar-refractivity contribution is -0.0552. The SMILES string of the molecule is COC(=O)n1c(Cl)c(-c2nn(C)c(OC(F)F)c2Cl)ccc1=O. The van der Waals surface area contributed by atoms with Crippen LogP contribution >= 0.6 is 23.2 Å². The van der Waals surface area contributed by atoms with Gasteiger partial charge >= 0.3 is 12.7 Å². The fourth-order valence-electron chi connectivity index (χ4n) is 1.82. The number of pyridine rings is 1. The monoisotopic (exact) mass is 367 g/mol. The van der Waals surface area contributed by atoms with Crippen molar-refractivity contribution in [1.29, 1.82) is 0 Å². The highest BCUT2D eigenvalue weighted by molar-refractivity contribution is 6.36. The number of carbonyl (C=O) groups excluding carboxylic acids is 1. The highest BCUT2D eigenvalue weighted by Gasteiger charge is 2.24. The van der Waals surface area contributed by atoms with Crippen molar-refractivity contribution in [2.24, 2.45) is 7.05 Å². The highest BCUT2D eigenvalue weighted by atomic mass is 35.5. The molecule has 0 saturated carbocycles. The van der Waals surface area contributed by atoms with Crippen molar-refractivity contribution in [1.82, 2.24) is 14.3 Å². The number of ether oxygens (including phenoxy) is 2. The summed E-state index contributed by atoms with van der Waals surface area (Å²) < 4.78 is 35.0. The molecule has 0 aliphatic carbocycles. The number of hydrogen-bond acceptors (Lipinski definition) is 5. The summed E-state index contributed by atoms with van der Waals surface area (Å²) in [5.74, 6) is -0.386. The molecule has 0 atom stereocenters. The lowest BCUT2D eigenvalue weighted by Gasteiger charge is -2.08. The van der Waals surface area contributed by atoms with Crippen molar-refractivity contribution in [3.63, 3.8) is 0 Å². The molecule has 2 rings (SSSR count). The Morgan fingerprint density at radius 1 is 1.35 bits per heavy atom. The zero-order valence-corrected chi connectivity index (χ0v) is 13.2. The Morgan fingerprint density at radius 2 is 2.00 bits per heavy atom. The molecule has 0 aliphatic rings. The average molecular weight is 368 g/mol. The first-order valence-corrected chi connectivity index (χ1v) is 6.71. The Balaban J connectivity index is 2.65. The summed E-state index contributed by atoms with van der Waals surface area (Å²) in [5, 5.41) is 3.35. The fourth-order valence-corrected chi connectivity index (χ4v) is 2.43. The van der Waals surface area contributed by atoms with Gasteiger partial charge in [-0.05, 0) is 6.07 Å². The normalized spacial score (nSPS) is 10.9. The summed E-state index contributed by atoms with van der Waals surface area (Å²) in [5.41, 5.74) is -0.699. The van der Waals surface area contributed by atoms with Crippen molar-refractivity contribution in [2.75, 3.05) is 7.11 Å². The number of aryl methyl sites for hydroxylation is 1. The third-order valence-electron chi connectivity index (χ3n) is 2.78.